The molecule has 104 valence electrons. The van der Waals surface area contributed by atoms with Gasteiger partial charge in [-0.05, 0) is 31.2 Å². The number of likely N-dealkylation sites (tertiary alicyclic amines) is 1. The van der Waals surface area contributed by atoms with Crippen LogP contribution in [0.15, 0.2) is 30.3 Å². The van der Waals surface area contributed by atoms with Crippen LogP contribution in [0.25, 0.3) is 0 Å². The van der Waals surface area contributed by atoms with Crippen molar-refractivity contribution in [2.24, 2.45) is 11.7 Å². The fourth-order valence-electron chi connectivity index (χ4n) is 3.07. The average molecular weight is 259 g/mol. The van der Waals surface area contributed by atoms with E-state index in [1.807, 2.05) is 6.07 Å². The first kappa shape index (κ1) is 14.1. The quantitative estimate of drug-likeness (QED) is 0.644. The maximum absolute atomic E-state index is 7.66. The number of benzene rings is 1. The van der Waals surface area contributed by atoms with Gasteiger partial charge in [-0.1, -0.05) is 37.3 Å². The minimum Gasteiger partial charge on any atom is -0.388 e. The maximum Gasteiger partial charge on any atom is 0.0924 e. The van der Waals surface area contributed by atoms with E-state index in [0.29, 0.717) is 12.5 Å². The zero-order chi connectivity index (χ0) is 13.8. The number of piperidine rings is 1. The second kappa shape index (κ2) is 6.20. The Hall–Kier alpha value is -1.35. The van der Waals surface area contributed by atoms with Crippen LogP contribution in [0.3, 0.4) is 0 Å². The molecule has 0 spiro atoms. The molecular formula is C16H25N3. The third-order valence-electron chi connectivity index (χ3n) is 4.16. The summed E-state index contributed by atoms with van der Waals surface area (Å²) in [6.07, 6.45) is 3.17. The number of rotatable bonds is 4. The first-order valence-electron chi connectivity index (χ1n) is 7.21. The Morgan fingerprint density at radius 1 is 1.32 bits per heavy atom. The van der Waals surface area contributed by atoms with Gasteiger partial charge in [-0.15, -0.1) is 0 Å². The molecule has 19 heavy (non-hydrogen) atoms. The van der Waals surface area contributed by atoms with Gasteiger partial charge in [0.2, 0.25) is 0 Å². The average Bonchev–Trinajstić information content (AvgIpc) is 2.40. The van der Waals surface area contributed by atoms with Gasteiger partial charge >= 0.3 is 0 Å². The summed E-state index contributed by atoms with van der Waals surface area (Å²) in [5.41, 5.74) is 6.95. The molecule has 3 N–H and O–H groups in total. The van der Waals surface area contributed by atoms with Crippen LogP contribution >= 0.6 is 0 Å². The van der Waals surface area contributed by atoms with Crippen molar-refractivity contribution in [2.75, 3.05) is 6.54 Å². The standard InChI is InChI=1S/C16H25N3/c1-12-8-9-13(2)19(11-12)15(10-16(17)18)14-6-4-3-5-7-14/h3-7,12-13,15H,8-11H2,1-2H3,(H3,17,18). The lowest BCUT2D eigenvalue weighted by Gasteiger charge is -2.42. The third-order valence-corrected chi connectivity index (χ3v) is 4.16. The summed E-state index contributed by atoms with van der Waals surface area (Å²) >= 11 is 0. The summed E-state index contributed by atoms with van der Waals surface area (Å²) in [7, 11) is 0. The SMILES string of the molecule is CC1CCC(C)N(C(CC(=N)N)c2ccccc2)C1. The number of nitrogens with one attached hydrogen (secondary N) is 1. The molecule has 1 aliphatic rings. The van der Waals surface area contributed by atoms with E-state index < -0.39 is 0 Å². The number of nitrogens with zero attached hydrogens (tertiary/aromatic N) is 1. The van der Waals surface area contributed by atoms with Crippen molar-refractivity contribution in [3.05, 3.63) is 35.9 Å². The van der Waals surface area contributed by atoms with Gasteiger partial charge < -0.3 is 5.73 Å². The summed E-state index contributed by atoms with van der Waals surface area (Å²) in [6.45, 7) is 5.71. The highest BCUT2D eigenvalue weighted by molar-refractivity contribution is 5.77. The smallest absolute Gasteiger partial charge is 0.0924 e. The zero-order valence-electron chi connectivity index (χ0n) is 12.0. The molecular weight excluding hydrogens is 234 g/mol. The van der Waals surface area contributed by atoms with E-state index in [1.165, 1.54) is 18.4 Å². The maximum atomic E-state index is 7.66. The number of amidine groups is 1. The summed E-state index contributed by atoms with van der Waals surface area (Å²) < 4.78 is 0. The summed E-state index contributed by atoms with van der Waals surface area (Å²) in [5, 5.41) is 7.66. The van der Waals surface area contributed by atoms with Crippen LogP contribution in [0.4, 0.5) is 0 Å². The van der Waals surface area contributed by atoms with Crippen LogP contribution in [-0.2, 0) is 0 Å². The number of nitrogens with two attached hydrogens (primary N) is 1. The van der Waals surface area contributed by atoms with E-state index in [0.717, 1.165) is 12.5 Å². The molecule has 3 atom stereocenters. The topological polar surface area (TPSA) is 53.1 Å². The van der Waals surface area contributed by atoms with Gasteiger partial charge in [0.15, 0.2) is 0 Å². The van der Waals surface area contributed by atoms with Crippen molar-refractivity contribution in [1.82, 2.24) is 4.90 Å². The van der Waals surface area contributed by atoms with Crippen LogP contribution in [0.1, 0.15) is 44.7 Å². The van der Waals surface area contributed by atoms with E-state index in [2.05, 4.69) is 43.0 Å². The monoisotopic (exact) mass is 259 g/mol. The molecule has 3 heteroatoms. The fraction of sp³-hybridized carbons (Fsp3) is 0.562. The Bertz CT molecular complexity index is 415. The van der Waals surface area contributed by atoms with Crippen molar-refractivity contribution in [1.29, 1.82) is 5.41 Å². The van der Waals surface area contributed by atoms with Gasteiger partial charge in [0, 0.05) is 25.0 Å². The minimum atomic E-state index is 0.247. The summed E-state index contributed by atoms with van der Waals surface area (Å²) in [5.74, 6) is 1.01. The van der Waals surface area contributed by atoms with Gasteiger partial charge in [-0.25, -0.2) is 0 Å². The van der Waals surface area contributed by atoms with Gasteiger partial charge in [0.05, 0.1) is 5.84 Å². The van der Waals surface area contributed by atoms with Crippen LogP contribution in [0.2, 0.25) is 0 Å². The zero-order valence-corrected chi connectivity index (χ0v) is 12.0. The molecule has 0 amide bonds. The van der Waals surface area contributed by atoms with Gasteiger partial charge in [0.1, 0.15) is 0 Å². The fourth-order valence-corrected chi connectivity index (χ4v) is 3.07. The molecule has 0 radical (unpaired) electrons. The number of hydrogen-bond acceptors (Lipinski definition) is 2. The van der Waals surface area contributed by atoms with Crippen LogP contribution in [0, 0.1) is 11.3 Å². The van der Waals surface area contributed by atoms with E-state index in [1.54, 1.807) is 0 Å². The molecule has 0 aromatic heterocycles. The molecule has 1 aromatic rings. The second-order valence-electron chi connectivity index (χ2n) is 5.88. The molecule has 1 heterocycles. The predicted molar refractivity (Wildman–Crippen MR) is 80.3 cm³/mol. The molecule has 3 unspecified atom stereocenters. The van der Waals surface area contributed by atoms with Crippen molar-refractivity contribution < 1.29 is 0 Å². The van der Waals surface area contributed by atoms with Gasteiger partial charge in [-0.3, -0.25) is 10.3 Å². The molecule has 1 aliphatic heterocycles. The summed E-state index contributed by atoms with van der Waals surface area (Å²) in [6, 6.07) is 11.3. The van der Waals surface area contributed by atoms with Gasteiger partial charge in [0.25, 0.3) is 0 Å². The lowest BCUT2D eigenvalue weighted by molar-refractivity contribution is 0.0790. The highest BCUT2D eigenvalue weighted by atomic mass is 15.2. The third kappa shape index (κ3) is 3.57. The Labute approximate surface area is 116 Å². The van der Waals surface area contributed by atoms with Crippen LogP contribution in [0.5, 0.6) is 0 Å². The van der Waals surface area contributed by atoms with E-state index in [4.69, 9.17) is 11.1 Å². The van der Waals surface area contributed by atoms with Crippen molar-refractivity contribution in [3.8, 4) is 0 Å². The Morgan fingerprint density at radius 2 is 2.00 bits per heavy atom. The molecule has 1 saturated heterocycles. The molecule has 0 aliphatic carbocycles. The molecule has 1 fully saturated rings. The van der Waals surface area contributed by atoms with E-state index >= 15 is 0 Å². The largest absolute Gasteiger partial charge is 0.388 e. The first-order valence-corrected chi connectivity index (χ1v) is 7.21. The Morgan fingerprint density at radius 3 is 2.63 bits per heavy atom. The molecule has 1 aromatic carbocycles. The molecule has 3 nitrogen and oxygen atoms in total. The normalized spacial score (nSPS) is 26.0. The van der Waals surface area contributed by atoms with E-state index in [9.17, 15) is 0 Å². The second-order valence-corrected chi connectivity index (χ2v) is 5.88. The summed E-state index contributed by atoms with van der Waals surface area (Å²) in [4.78, 5) is 2.53. The minimum absolute atomic E-state index is 0.247. The molecule has 0 saturated carbocycles. The number of hydrogen-bond donors (Lipinski definition) is 2. The Kier molecular flexibility index (Phi) is 4.59. The highest BCUT2D eigenvalue weighted by Gasteiger charge is 2.30. The first-order chi connectivity index (χ1) is 9.08. The van der Waals surface area contributed by atoms with Crippen molar-refractivity contribution in [3.63, 3.8) is 0 Å². The van der Waals surface area contributed by atoms with E-state index in [-0.39, 0.29) is 11.9 Å². The highest BCUT2D eigenvalue weighted by Crippen LogP contribution is 2.32. The lowest BCUT2D eigenvalue weighted by atomic mass is 9.90. The van der Waals surface area contributed by atoms with Crippen LogP contribution in [-0.4, -0.2) is 23.3 Å². The molecule has 2 rings (SSSR count). The van der Waals surface area contributed by atoms with Gasteiger partial charge in [-0.2, -0.15) is 0 Å². The Balaban J connectivity index is 2.24. The van der Waals surface area contributed by atoms with Crippen molar-refractivity contribution in [2.45, 2.75) is 45.2 Å². The van der Waals surface area contributed by atoms with Crippen molar-refractivity contribution >= 4 is 5.84 Å². The molecule has 0 bridgehead atoms. The van der Waals surface area contributed by atoms with Crippen LogP contribution < -0.4 is 5.73 Å². The predicted octanol–water partition coefficient (Wildman–Crippen LogP) is 3.17. The lowest BCUT2D eigenvalue weighted by Crippen LogP contribution is -2.44.